The average Bonchev–Trinajstić information content (AvgIpc) is 3.41. The maximum Gasteiger partial charge on any atom is 0.113 e. The standard InChI is InChI=1S/C27H36N8/c1-21-14-24(4)33(28-21)18-31(17-27-10-8-7-9-11-27)12-13-32(19-34-25(5)15-22(2)29-34)20-35-26(6)16-23(3)30-35/h7-16H,17-20H2,1-6H3/b13-12+. The molecule has 0 fully saturated rings. The molecule has 0 aliphatic rings. The van der Waals surface area contributed by atoms with Crippen LogP contribution >= 0.6 is 0 Å². The molecule has 184 valence electrons. The van der Waals surface area contributed by atoms with Crippen LogP contribution in [0.1, 0.15) is 39.7 Å². The molecule has 0 spiro atoms. The summed E-state index contributed by atoms with van der Waals surface area (Å²) in [4.78, 5) is 4.52. The zero-order valence-electron chi connectivity index (χ0n) is 21.7. The first-order valence-electron chi connectivity index (χ1n) is 12.0. The van der Waals surface area contributed by atoms with E-state index in [9.17, 15) is 0 Å². The second kappa shape index (κ2) is 10.6. The van der Waals surface area contributed by atoms with E-state index in [1.165, 1.54) is 5.56 Å². The van der Waals surface area contributed by atoms with Gasteiger partial charge in [-0.2, -0.15) is 15.3 Å². The second-order valence-electron chi connectivity index (χ2n) is 9.32. The van der Waals surface area contributed by atoms with E-state index in [0.717, 1.165) is 40.7 Å². The highest BCUT2D eigenvalue weighted by Gasteiger charge is 2.11. The van der Waals surface area contributed by atoms with Crippen LogP contribution in [0, 0.1) is 41.5 Å². The number of nitrogens with zero attached hydrogens (tertiary/aromatic N) is 8. The molecule has 0 aliphatic heterocycles. The van der Waals surface area contributed by atoms with Gasteiger partial charge >= 0.3 is 0 Å². The summed E-state index contributed by atoms with van der Waals surface area (Å²) in [5, 5.41) is 14.0. The summed E-state index contributed by atoms with van der Waals surface area (Å²) in [6.45, 7) is 15.1. The molecule has 0 amide bonds. The lowest BCUT2D eigenvalue weighted by atomic mass is 10.2. The Hall–Kier alpha value is -3.81. The highest BCUT2D eigenvalue weighted by molar-refractivity contribution is 5.15. The Labute approximate surface area is 208 Å². The number of benzene rings is 1. The van der Waals surface area contributed by atoms with Crippen LogP contribution in [0.3, 0.4) is 0 Å². The van der Waals surface area contributed by atoms with E-state index in [0.29, 0.717) is 20.0 Å². The van der Waals surface area contributed by atoms with Crippen LogP contribution in [0.2, 0.25) is 0 Å². The van der Waals surface area contributed by atoms with E-state index in [4.69, 9.17) is 0 Å². The smallest absolute Gasteiger partial charge is 0.113 e. The van der Waals surface area contributed by atoms with Crippen LogP contribution in [0.4, 0.5) is 0 Å². The lowest BCUT2D eigenvalue weighted by Gasteiger charge is -2.25. The van der Waals surface area contributed by atoms with Crippen molar-refractivity contribution in [3.8, 4) is 0 Å². The molecule has 4 aromatic rings. The van der Waals surface area contributed by atoms with Gasteiger partial charge in [0.15, 0.2) is 0 Å². The number of hydrogen-bond acceptors (Lipinski definition) is 5. The van der Waals surface area contributed by atoms with E-state index in [1.807, 2.05) is 30.1 Å². The van der Waals surface area contributed by atoms with Gasteiger partial charge in [-0.3, -0.25) is 0 Å². The summed E-state index contributed by atoms with van der Waals surface area (Å²) in [7, 11) is 0. The van der Waals surface area contributed by atoms with Gasteiger partial charge in [0.25, 0.3) is 0 Å². The van der Waals surface area contributed by atoms with Crippen molar-refractivity contribution in [2.75, 3.05) is 0 Å². The van der Waals surface area contributed by atoms with Crippen molar-refractivity contribution in [1.29, 1.82) is 0 Å². The zero-order chi connectivity index (χ0) is 24.9. The first-order valence-corrected chi connectivity index (χ1v) is 12.0. The molecule has 8 nitrogen and oxygen atoms in total. The third-order valence-electron chi connectivity index (χ3n) is 5.97. The minimum atomic E-state index is 0.633. The molecule has 0 unspecified atom stereocenters. The van der Waals surface area contributed by atoms with Crippen LogP contribution in [0.15, 0.2) is 60.9 Å². The van der Waals surface area contributed by atoms with Gasteiger partial charge in [0.05, 0.1) is 17.1 Å². The van der Waals surface area contributed by atoms with Gasteiger partial charge in [-0.15, -0.1) is 0 Å². The molecule has 3 heterocycles. The van der Waals surface area contributed by atoms with Crippen molar-refractivity contribution in [3.63, 3.8) is 0 Å². The summed E-state index contributed by atoms with van der Waals surface area (Å²) >= 11 is 0. The molecule has 0 bridgehead atoms. The summed E-state index contributed by atoms with van der Waals surface area (Å²) in [5.41, 5.74) is 7.75. The highest BCUT2D eigenvalue weighted by atomic mass is 15.4. The molecular formula is C27H36N8. The molecule has 4 rings (SSSR count). The van der Waals surface area contributed by atoms with Gasteiger partial charge in [-0.05, 0) is 65.3 Å². The minimum Gasteiger partial charge on any atom is -0.353 e. The fourth-order valence-electron chi connectivity index (χ4n) is 4.27. The first-order chi connectivity index (χ1) is 16.8. The fourth-order valence-corrected chi connectivity index (χ4v) is 4.27. The normalized spacial score (nSPS) is 11.5. The number of rotatable bonds is 10. The van der Waals surface area contributed by atoms with Crippen molar-refractivity contribution in [2.24, 2.45) is 0 Å². The van der Waals surface area contributed by atoms with Crippen LogP contribution in [-0.2, 0) is 26.6 Å². The molecule has 0 aliphatic carbocycles. The summed E-state index contributed by atoms with van der Waals surface area (Å²) < 4.78 is 6.12. The molecular weight excluding hydrogens is 436 g/mol. The van der Waals surface area contributed by atoms with E-state index in [-0.39, 0.29) is 0 Å². The maximum atomic E-state index is 4.68. The average molecular weight is 473 g/mol. The van der Waals surface area contributed by atoms with Crippen molar-refractivity contribution in [1.82, 2.24) is 39.1 Å². The second-order valence-corrected chi connectivity index (χ2v) is 9.32. The number of aromatic nitrogens is 6. The highest BCUT2D eigenvalue weighted by Crippen LogP contribution is 2.12. The van der Waals surface area contributed by atoms with Crippen molar-refractivity contribution in [2.45, 2.75) is 68.1 Å². The molecule has 1 aromatic carbocycles. The van der Waals surface area contributed by atoms with Gasteiger partial charge in [0.2, 0.25) is 0 Å². The lowest BCUT2D eigenvalue weighted by Crippen LogP contribution is -2.28. The van der Waals surface area contributed by atoms with E-state index in [2.05, 4.69) is 111 Å². The predicted molar refractivity (Wildman–Crippen MR) is 138 cm³/mol. The Morgan fingerprint density at radius 3 is 1.40 bits per heavy atom. The molecule has 0 saturated heterocycles. The fraction of sp³-hybridized carbons (Fsp3) is 0.370. The summed E-state index contributed by atoms with van der Waals surface area (Å²) in [5.74, 6) is 0. The SMILES string of the molecule is Cc1cc(C)n(CN(/C=C/N(Cn2nc(C)cc2C)Cn2nc(C)cc2C)Cc2ccccc2)n1. The van der Waals surface area contributed by atoms with Gasteiger partial charge in [0.1, 0.15) is 20.0 Å². The van der Waals surface area contributed by atoms with Crippen LogP contribution in [-0.4, -0.2) is 39.1 Å². The third kappa shape index (κ3) is 6.41. The van der Waals surface area contributed by atoms with Crippen LogP contribution < -0.4 is 0 Å². The molecule has 3 aromatic heterocycles. The van der Waals surface area contributed by atoms with Gasteiger partial charge in [0, 0.05) is 36.0 Å². The number of aryl methyl sites for hydroxylation is 6. The largest absolute Gasteiger partial charge is 0.353 e. The molecule has 0 radical (unpaired) electrons. The summed E-state index contributed by atoms with van der Waals surface area (Å²) in [6.07, 6.45) is 4.29. The summed E-state index contributed by atoms with van der Waals surface area (Å²) in [6, 6.07) is 16.9. The minimum absolute atomic E-state index is 0.633. The number of hydrogen-bond donors (Lipinski definition) is 0. The molecule has 0 saturated carbocycles. The Kier molecular flexibility index (Phi) is 7.39. The Morgan fingerprint density at radius 2 is 1.00 bits per heavy atom. The van der Waals surface area contributed by atoms with Crippen molar-refractivity contribution in [3.05, 3.63) is 101 Å². The predicted octanol–water partition coefficient (Wildman–Crippen LogP) is 4.67. The van der Waals surface area contributed by atoms with Crippen molar-refractivity contribution < 1.29 is 0 Å². The van der Waals surface area contributed by atoms with Crippen LogP contribution in [0.25, 0.3) is 0 Å². The lowest BCUT2D eigenvalue weighted by molar-refractivity contribution is 0.208. The zero-order valence-corrected chi connectivity index (χ0v) is 21.7. The van der Waals surface area contributed by atoms with Crippen LogP contribution in [0.5, 0.6) is 0 Å². The maximum absolute atomic E-state index is 4.68. The Morgan fingerprint density at radius 1 is 0.600 bits per heavy atom. The van der Waals surface area contributed by atoms with E-state index in [1.54, 1.807) is 0 Å². The Balaban J connectivity index is 1.61. The monoisotopic (exact) mass is 472 g/mol. The first kappa shape index (κ1) is 24.3. The quantitative estimate of drug-likeness (QED) is 0.336. The molecule has 0 N–H and O–H groups in total. The van der Waals surface area contributed by atoms with E-state index >= 15 is 0 Å². The Bertz CT molecular complexity index is 1230. The van der Waals surface area contributed by atoms with E-state index < -0.39 is 0 Å². The third-order valence-corrected chi connectivity index (χ3v) is 5.97. The topological polar surface area (TPSA) is 59.9 Å². The molecule has 35 heavy (non-hydrogen) atoms. The van der Waals surface area contributed by atoms with Gasteiger partial charge in [-0.1, -0.05) is 30.3 Å². The van der Waals surface area contributed by atoms with Gasteiger partial charge < -0.3 is 9.80 Å². The van der Waals surface area contributed by atoms with Crippen molar-refractivity contribution >= 4 is 0 Å². The molecule has 0 atom stereocenters. The molecule has 8 heteroatoms. The van der Waals surface area contributed by atoms with Gasteiger partial charge in [-0.25, -0.2) is 14.0 Å².